The zero-order valence-electron chi connectivity index (χ0n) is 18.3. The molecule has 0 aliphatic heterocycles. The molecule has 0 aliphatic rings. The SMILES string of the molecule is CCNC(=NCc1ccnc(Oc2ccc(F)cc2)c1)NCc1ncc(C(C)(C)C)o1. The monoisotopic (exact) mass is 425 g/mol. The van der Waals surface area contributed by atoms with Gasteiger partial charge >= 0.3 is 0 Å². The van der Waals surface area contributed by atoms with Crippen LogP contribution in [0.2, 0.25) is 0 Å². The Hall–Kier alpha value is -3.42. The Bertz CT molecular complexity index is 1010. The summed E-state index contributed by atoms with van der Waals surface area (Å²) in [5, 5.41) is 6.44. The van der Waals surface area contributed by atoms with Gasteiger partial charge in [0.1, 0.15) is 17.3 Å². The predicted molar refractivity (Wildman–Crippen MR) is 118 cm³/mol. The van der Waals surface area contributed by atoms with Gasteiger partial charge in [-0.3, -0.25) is 0 Å². The molecule has 0 saturated carbocycles. The van der Waals surface area contributed by atoms with Crippen LogP contribution >= 0.6 is 0 Å². The average molecular weight is 426 g/mol. The van der Waals surface area contributed by atoms with Crippen molar-refractivity contribution in [1.29, 1.82) is 0 Å². The number of nitrogens with zero attached hydrogens (tertiary/aromatic N) is 3. The van der Waals surface area contributed by atoms with Gasteiger partial charge in [0.2, 0.25) is 11.8 Å². The first kappa shape index (κ1) is 22.3. The Morgan fingerprint density at radius 3 is 2.58 bits per heavy atom. The minimum Gasteiger partial charge on any atom is -0.443 e. The minimum atomic E-state index is -0.314. The number of nitrogens with one attached hydrogen (secondary N) is 2. The van der Waals surface area contributed by atoms with Crippen LogP contribution in [0.1, 0.15) is 44.9 Å². The molecule has 164 valence electrons. The fraction of sp³-hybridized carbons (Fsp3) is 0.348. The maximum absolute atomic E-state index is 13.0. The molecular weight excluding hydrogens is 397 g/mol. The number of guanidine groups is 1. The van der Waals surface area contributed by atoms with E-state index in [4.69, 9.17) is 9.15 Å². The topological polar surface area (TPSA) is 84.6 Å². The van der Waals surface area contributed by atoms with Crippen molar-refractivity contribution in [3.8, 4) is 11.6 Å². The Balaban J connectivity index is 1.62. The molecule has 2 heterocycles. The molecule has 2 N–H and O–H groups in total. The fourth-order valence-corrected chi connectivity index (χ4v) is 2.64. The van der Waals surface area contributed by atoms with E-state index < -0.39 is 0 Å². The van der Waals surface area contributed by atoms with Crippen LogP contribution in [-0.4, -0.2) is 22.5 Å². The second-order valence-electron chi connectivity index (χ2n) is 7.98. The third-order valence-corrected chi connectivity index (χ3v) is 4.30. The lowest BCUT2D eigenvalue weighted by Crippen LogP contribution is -2.36. The van der Waals surface area contributed by atoms with Crippen LogP contribution in [0.15, 0.2) is 58.2 Å². The number of aliphatic imine (C=N–C) groups is 1. The first-order valence-corrected chi connectivity index (χ1v) is 10.2. The molecule has 0 radical (unpaired) electrons. The van der Waals surface area contributed by atoms with Crippen molar-refractivity contribution in [2.24, 2.45) is 4.99 Å². The van der Waals surface area contributed by atoms with Gasteiger partial charge in [0.15, 0.2) is 5.96 Å². The van der Waals surface area contributed by atoms with Gasteiger partial charge in [-0.05, 0) is 42.8 Å². The molecule has 0 fully saturated rings. The van der Waals surface area contributed by atoms with E-state index in [0.717, 1.165) is 17.9 Å². The van der Waals surface area contributed by atoms with E-state index in [0.29, 0.717) is 36.6 Å². The molecule has 3 aromatic rings. The van der Waals surface area contributed by atoms with Crippen molar-refractivity contribution < 1.29 is 13.5 Å². The normalized spacial score (nSPS) is 12.0. The number of hydrogen-bond acceptors (Lipinski definition) is 5. The van der Waals surface area contributed by atoms with Crippen molar-refractivity contribution >= 4 is 5.96 Å². The number of ether oxygens (including phenoxy) is 1. The summed E-state index contributed by atoms with van der Waals surface area (Å²) in [6.45, 7) is 9.83. The van der Waals surface area contributed by atoms with Crippen LogP contribution in [-0.2, 0) is 18.5 Å². The van der Waals surface area contributed by atoms with Gasteiger partial charge in [-0.1, -0.05) is 20.8 Å². The number of hydrogen-bond donors (Lipinski definition) is 2. The molecular formula is C23H28FN5O2. The summed E-state index contributed by atoms with van der Waals surface area (Å²) < 4.78 is 24.5. The lowest BCUT2D eigenvalue weighted by atomic mass is 9.94. The highest BCUT2D eigenvalue weighted by atomic mass is 19.1. The average Bonchev–Trinajstić information content (AvgIpc) is 3.22. The van der Waals surface area contributed by atoms with Crippen molar-refractivity contribution in [1.82, 2.24) is 20.6 Å². The van der Waals surface area contributed by atoms with Gasteiger partial charge in [0, 0.05) is 24.2 Å². The number of benzene rings is 1. The zero-order valence-corrected chi connectivity index (χ0v) is 18.3. The molecule has 3 rings (SSSR count). The Labute approximate surface area is 181 Å². The lowest BCUT2D eigenvalue weighted by molar-refractivity contribution is 0.379. The van der Waals surface area contributed by atoms with E-state index in [1.807, 2.05) is 13.0 Å². The molecule has 0 amide bonds. The molecule has 0 spiro atoms. The number of rotatable bonds is 7. The predicted octanol–water partition coefficient (Wildman–Crippen LogP) is 4.55. The molecule has 2 aromatic heterocycles. The van der Waals surface area contributed by atoms with Crippen LogP contribution in [0, 0.1) is 5.82 Å². The maximum Gasteiger partial charge on any atom is 0.219 e. The van der Waals surface area contributed by atoms with Gasteiger partial charge < -0.3 is 19.8 Å². The summed E-state index contributed by atoms with van der Waals surface area (Å²) in [5.41, 5.74) is 0.842. The van der Waals surface area contributed by atoms with Crippen LogP contribution in [0.25, 0.3) is 0 Å². The molecule has 0 unspecified atom stereocenters. The van der Waals surface area contributed by atoms with Gasteiger partial charge in [0.05, 0.1) is 19.3 Å². The van der Waals surface area contributed by atoms with Crippen molar-refractivity contribution in [3.63, 3.8) is 0 Å². The molecule has 31 heavy (non-hydrogen) atoms. The maximum atomic E-state index is 13.0. The molecule has 0 aliphatic carbocycles. The van der Waals surface area contributed by atoms with Crippen LogP contribution in [0.5, 0.6) is 11.6 Å². The largest absolute Gasteiger partial charge is 0.443 e. The molecule has 1 aromatic carbocycles. The summed E-state index contributed by atoms with van der Waals surface area (Å²) in [5.74, 6) is 2.73. The quantitative estimate of drug-likeness (QED) is 0.427. The van der Waals surface area contributed by atoms with E-state index in [9.17, 15) is 4.39 Å². The smallest absolute Gasteiger partial charge is 0.219 e. The standard InChI is InChI=1S/C23H28FN5O2/c1-5-25-22(29-15-21-27-14-19(31-21)23(2,3)4)28-13-16-10-11-26-20(12-16)30-18-8-6-17(24)7-9-18/h6-12,14H,5,13,15H2,1-4H3,(H2,25,28,29). The molecule has 0 saturated heterocycles. The first-order valence-electron chi connectivity index (χ1n) is 10.2. The minimum absolute atomic E-state index is 0.0845. The van der Waals surface area contributed by atoms with E-state index in [1.54, 1.807) is 30.6 Å². The molecule has 0 bridgehead atoms. The van der Waals surface area contributed by atoms with Gasteiger partial charge in [-0.25, -0.2) is 19.4 Å². The van der Waals surface area contributed by atoms with Crippen LogP contribution < -0.4 is 15.4 Å². The van der Waals surface area contributed by atoms with Gasteiger partial charge in [-0.2, -0.15) is 0 Å². The highest BCUT2D eigenvalue weighted by Crippen LogP contribution is 2.23. The van der Waals surface area contributed by atoms with E-state index in [2.05, 4.69) is 46.4 Å². The highest BCUT2D eigenvalue weighted by molar-refractivity contribution is 5.79. The van der Waals surface area contributed by atoms with E-state index in [-0.39, 0.29) is 11.2 Å². The number of oxazole rings is 1. The molecule has 8 heteroatoms. The summed E-state index contributed by atoms with van der Waals surface area (Å²) >= 11 is 0. The summed E-state index contributed by atoms with van der Waals surface area (Å²) in [6.07, 6.45) is 3.42. The number of halogens is 1. The van der Waals surface area contributed by atoms with Gasteiger partial charge in [0.25, 0.3) is 0 Å². The first-order chi connectivity index (χ1) is 14.8. The molecule has 7 nitrogen and oxygen atoms in total. The third kappa shape index (κ3) is 6.80. The lowest BCUT2D eigenvalue weighted by Gasteiger charge is -2.13. The van der Waals surface area contributed by atoms with Crippen molar-refractivity contribution in [2.45, 2.75) is 46.2 Å². The summed E-state index contributed by atoms with van der Waals surface area (Å²) in [4.78, 5) is 13.1. The third-order valence-electron chi connectivity index (χ3n) is 4.30. The highest BCUT2D eigenvalue weighted by Gasteiger charge is 2.19. The number of pyridine rings is 1. The van der Waals surface area contributed by atoms with Crippen molar-refractivity contribution in [3.05, 3.63) is 71.8 Å². The van der Waals surface area contributed by atoms with Crippen LogP contribution in [0.4, 0.5) is 4.39 Å². The van der Waals surface area contributed by atoms with E-state index in [1.165, 1.54) is 12.1 Å². The Morgan fingerprint density at radius 1 is 1.13 bits per heavy atom. The second kappa shape index (κ2) is 10.1. The van der Waals surface area contributed by atoms with E-state index >= 15 is 0 Å². The summed E-state index contributed by atoms with van der Waals surface area (Å²) in [7, 11) is 0. The summed E-state index contributed by atoms with van der Waals surface area (Å²) in [6, 6.07) is 9.48. The Kier molecular flexibility index (Phi) is 7.23. The molecule has 0 atom stereocenters. The van der Waals surface area contributed by atoms with Gasteiger partial charge in [-0.15, -0.1) is 0 Å². The fourth-order valence-electron chi connectivity index (χ4n) is 2.64. The second-order valence-corrected chi connectivity index (χ2v) is 7.98. The Morgan fingerprint density at radius 2 is 1.90 bits per heavy atom. The zero-order chi connectivity index (χ0) is 22.3. The van der Waals surface area contributed by atoms with Crippen molar-refractivity contribution in [2.75, 3.05) is 6.54 Å². The van der Waals surface area contributed by atoms with Crippen LogP contribution in [0.3, 0.4) is 0 Å². The number of aromatic nitrogens is 2.